The van der Waals surface area contributed by atoms with Gasteiger partial charge in [-0.3, -0.25) is 10.1 Å². The molecule has 2 aliphatic rings. The van der Waals surface area contributed by atoms with Gasteiger partial charge in [0, 0.05) is 25.7 Å². The van der Waals surface area contributed by atoms with Gasteiger partial charge in [-0.2, -0.15) is 0 Å². The number of rotatable bonds is 4. The number of esters is 1. The molecule has 7 nitrogen and oxygen atoms in total. The summed E-state index contributed by atoms with van der Waals surface area (Å²) in [6.07, 6.45) is 0.876. The molecule has 23 heavy (non-hydrogen) atoms. The van der Waals surface area contributed by atoms with E-state index < -0.39 is 10.9 Å². The van der Waals surface area contributed by atoms with E-state index in [1.165, 1.54) is 24.3 Å². The predicted octanol–water partition coefficient (Wildman–Crippen LogP) is 2.54. The molecule has 5 atom stereocenters. The van der Waals surface area contributed by atoms with Gasteiger partial charge in [-0.05, 0) is 30.4 Å². The summed E-state index contributed by atoms with van der Waals surface area (Å²) in [6.45, 7) is 2.12. The Balaban J connectivity index is 1.67. The van der Waals surface area contributed by atoms with Crippen molar-refractivity contribution >= 4 is 11.7 Å². The number of methoxy groups -OCH3 is 1. The second kappa shape index (κ2) is 6.25. The lowest BCUT2D eigenvalue weighted by Gasteiger charge is -2.20. The number of hydrogen-bond acceptors (Lipinski definition) is 6. The van der Waals surface area contributed by atoms with Crippen LogP contribution in [0.4, 0.5) is 5.69 Å². The van der Waals surface area contributed by atoms with Crippen LogP contribution in [0.3, 0.4) is 0 Å². The summed E-state index contributed by atoms with van der Waals surface area (Å²) in [5.41, 5.74) is 0.242. The van der Waals surface area contributed by atoms with Gasteiger partial charge in [0.1, 0.15) is 12.2 Å². The number of non-ortho nitro benzene ring substituents is 1. The Morgan fingerprint density at radius 2 is 2.00 bits per heavy atom. The number of nitro benzene ring substituents is 1. The van der Waals surface area contributed by atoms with Gasteiger partial charge in [0.2, 0.25) is 0 Å². The van der Waals surface area contributed by atoms with Gasteiger partial charge >= 0.3 is 5.97 Å². The summed E-state index contributed by atoms with van der Waals surface area (Å²) in [5.74, 6) is 0.242. The fraction of sp³-hybridized carbons (Fsp3) is 0.562. The lowest BCUT2D eigenvalue weighted by Crippen LogP contribution is -2.30. The quantitative estimate of drug-likeness (QED) is 0.481. The second-order valence-corrected chi connectivity index (χ2v) is 6.13. The lowest BCUT2D eigenvalue weighted by atomic mass is 9.95. The lowest BCUT2D eigenvalue weighted by molar-refractivity contribution is -0.384. The van der Waals surface area contributed by atoms with Crippen molar-refractivity contribution in [1.82, 2.24) is 0 Å². The zero-order valence-corrected chi connectivity index (χ0v) is 13.0. The van der Waals surface area contributed by atoms with E-state index in [1.807, 2.05) is 0 Å². The third kappa shape index (κ3) is 3.07. The molecule has 1 aromatic rings. The number of carbonyl (C=O) groups excluding carboxylic acids is 1. The molecule has 124 valence electrons. The third-order valence-electron chi connectivity index (χ3n) is 4.73. The van der Waals surface area contributed by atoms with Gasteiger partial charge in [-0.15, -0.1) is 0 Å². The van der Waals surface area contributed by atoms with Gasteiger partial charge in [-0.1, -0.05) is 6.92 Å². The molecule has 0 spiro atoms. The van der Waals surface area contributed by atoms with E-state index in [2.05, 4.69) is 6.92 Å². The average molecular weight is 321 g/mol. The Morgan fingerprint density at radius 3 is 2.61 bits per heavy atom. The Kier molecular flexibility index (Phi) is 4.32. The van der Waals surface area contributed by atoms with Crippen LogP contribution in [-0.4, -0.2) is 36.5 Å². The molecule has 1 saturated heterocycles. The van der Waals surface area contributed by atoms with Crippen LogP contribution in [0.5, 0.6) is 0 Å². The maximum atomic E-state index is 12.2. The van der Waals surface area contributed by atoms with Crippen molar-refractivity contribution < 1.29 is 23.9 Å². The molecule has 1 aliphatic heterocycles. The Bertz CT molecular complexity index is 601. The number of carbonyl (C=O) groups is 1. The third-order valence-corrected chi connectivity index (χ3v) is 4.73. The van der Waals surface area contributed by atoms with Gasteiger partial charge in [0.05, 0.1) is 10.5 Å². The molecule has 0 bridgehead atoms. The summed E-state index contributed by atoms with van der Waals surface area (Å²) in [5, 5.41) is 10.6. The first kappa shape index (κ1) is 15.9. The first-order valence-corrected chi connectivity index (χ1v) is 7.63. The van der Waals surface area contributed by atoms with Crippen molar-refractivity contribution in [3.05, 3.63) is 39.9 Å². The van der Waals surface area contributed by atoms with Crippen molar-refractivity contribution in [2.75, 3.05) is 7.11 Å². The van der Waals surface area contributed by atoms with Crippen LogP contribution in [0.1, 0.15) is 30.1 Å². The summed E-state index contributed by atoms with van der Waals surface area (Å²) < 4.78 is 16.6. The minimum absolute atomic E-state index is 0.0573. The van der Waals surface area contributed by atoms with E-state index in [9.17, 15) is 14.9 Å². The number of ether oxygens (including phenoxy) is 3. The van der Waals surface area contributed by atoms with Crippen LogP contribution >= 0.6 is 0 Å². The van der Waals surface area contributed by atoms with Crippen LogP contribution in [0.25, 0.3) is 0 Å². The highest BCUT2D eigenvalue weighted by Crippen LogP contribution is 2.44. The van der Waals surface area contributed by atoms with Crippen LogP contribution in [0, 0.1) is 22.0 Å². The molecule has 1 unspecified atom stereocenters. The smallest absolute Gasteiger partial charge is 0.338 e. The maximum Gasteiger partial charge on any atom is 0.338 e. The zero-order valence-electron chi connectivity index (χ0n) is 13.0. The van der Waals surface area contributed by atoms with Gasteiger partial charge in [-0.25, -0.2) is 4.79 Å². The van der Waals surface area contributed by atoms with Crippen LogP contribution in [0.15, 0.2) is 24.3 Å². The van der Waals surface area contributed by atoms with Gasteiger partial charge < -0.3 is 14.2 Å². The number of benzene rings is 1. The van der Waals surface area contributed by atoms with E-state index in [0.29, 0.717) is 17.4 Å². The normalized spacial score (nSPS) is 32.5. The molecule has 3 rings (SSSR count). The van der Waals surface area contributed by atoms with Crippen molar-refractivity contribution in [3.63, 3.8) is 0 Å². The molecule has 1 heterocycles. The van der Waals surface area contributed by atoms with E-state index in [0.717, 1.165) is 12.8 Å². The molecule has 0 N–H and O–H groups in total. The van der Waals surface area contributed by atoms with E-state index in [1.54, 1.807) is 7.11 Å². The monoisotopic (exact) mass is 321 g/mol. The Morgan fingerprint density at radius 1 is 1.30 bits per heavy atom. The first-order chi connectivity index (χ1) is 11.0. The number of fused-ring (bicyclic) bond motifs is 1. The van der Waals surface area contributed by atoms with Crippen molar-refractivity contribution in [1.29, 1.82) is 0 Å². The SMILES string of the molecule is COC1C[C@@H]2[C@H](O1)[C@H](OC(=O)c1ccc([N+](=O)[O-])cc1)C[C@H]2C. The highest BCUT2D eigenvalue weighted by molar-refractivity contribution is 5.89. The number of nitro groups is 1. The number of hydrogen-bond donors (Lipinski definition) is 0. The summed E-state index contributed by atoms with van der Waals surface area (Å²) >= 11 is 0. The van der Waals surface area contributed by atoms with Crippen molar-refractivity contribution in [2.24, 2.45) is 11.8 Å². The largest absolute Gasteiger partial charge is 0.456 e. The first-order valence-electron chi connectivity index (χ1n) is 7.63. The minimum Gasteiger partial charge on any atom is -0.456 e. The summed E-state index contributed by atoms with van der Waals surface area (Å²) in [7, 11) is 1.61. The summed E-state index contributed by atoms with van der Waals surface area (Å²) in [6, 6.07) is 5.40. The van der Waals surface area contributed by atoms with Crippen LogP contribution in [0.2, 0.25) is 0 Å². The topological polar surface area (TPSA) is 87.9 Å². The number of nitrogens with zero attached hydrogens (tertiary/aromatic N) is 1. The molecule has 0 amide bonds. The molecule has 7 heteroatoms. The molecule has 0 radical (unpaired) electrons. The zero-order chi connectivity index (χ0) is 16.6. The molecular formula is C16H19NO6. The van der Waals surface area contributed by atoms with Gasteiger partial charge in [0.25, 0.3) is 5.69 Å². The van der Waals surface area contributed by atoms with E-state index in [4.69, 9.17) is 14.2 Å². The Labute approximate surface area is 133 Å². The van der Waals surface area contributed by atoms with Crippen LogP contribution in [-0.2, 0) is 14.2 Å². The standard InChI is InChI=1S/C16H19NO6/c1-9-7-13(15-12(9)8-14(21-2)23-15)22-16(18)10-3-5-11(6-4-10)17(19)20/h3-6,9,12-15H,7-8H2,1-2H3/t9-,12+,13-,14?,15+/m1/s1. The molecule has 0 aromatic heterocycles. The molecule has 2 fully saturated rings. The average Bonchev–Trinajstić information content (AvgIpc) is 3.09. The fourth-order valence-electron chi connectivity index (χ4n) is 3.47. The molecular weight excluding hydrogens is 302 g/mol. The van der Waals surface area contributed by atoms with Gasteiger partial charge in [0.15, 0.2) is 6.29 Å². The highest BCUT2D eigenvalue weighted by atomic mass is 16.7. The van der Waals surface area contributed by atoms with Crippen molar-refractivity contribution in [3.8, 4) is 0 Å². The molecule has 1 saturated carbocycles. The highest BCUT2D eigenvalue weighted by Gasteiger charge is 2.50. The predicted molar refractivity (Wildman–Crippen MR) is 79.9 cm³/mol. The maximum absolute atomic E-state index is 12.2. The van der Waals surface area contributed by atoms with Crippen LogP contribution < -0.4 is 0 Å². The fourth-order valence-corrected chi connectivity index (χ4v) is 3.47. The van der Waals surface area contributed by atoms with Crippen molar-refractivity contribution in [2.45, 2.75) is 38.3 Å². The van der Waals surface area contributed by atoms with E-state index >= 15 is 0 Å². The van der Waals surface area contributed by atoms with E-state index in [-0.39, 0.29) is 24.2 Å². The summed E-state index contributed by atoms with van der Waals surface area (Å²) in [4.78, 5) is 22.4. The minimum atomic E-state index is -0.504. The molecule has 1 aromatic carbocycles. The second-order valence-electron chi connectivity index (χ2n) is 6.13. The molecule has 1 aliphatic carbocycles. The Hall–Kier alpha value is -1.99.